The van der Waals surface area contributed by atoms with Crippen LogP contribution in [0.4, 0.5) is 0 Å². The van der Waals surface area contributed by atoms with Gasteiger partial charge in [-0.05, 0) is 43.5 Å². The first-order valence-corrected chi connectivity index (χ1v) is 9.65. The Morgan fingerprint density at radius 1 is 1.23 bits per heavy atom. The molecule has 1 aliphatic carbocycles. The van der Waals surface area contributed by atoms with E-state index >= 15 is 0 Å². The van der Waals surface area contributed by atoms with Crippen LogP contribution in [0.3, 0.4) is 0 Å². The number of hydrogen-bond donors (Lipinski definition) is 1. The third-order valence-corrected chi connectivity index (χ3v) is 6.01. The third-order valence-electron chi connectivity index (χ3n) is 6.01. The Labute approximate surface area is 156 Å². The number of rotatable bonds is 4. The normalized spacial score (nSPS) is 21.7. The van der Waals surface area contributed by atoms with Crippen LogP contribution < -0.4 is 5.32 Å². The molecule has 0 aromatic heterocycles. The van der Waals surface area contributed by atoms with E-state index in [-0.39, 0.29) is 29.2 Å². The van der Waals surface area contributed by atoms with Gasteiger partial charge in [-0.3, -0.25) is 14.5 Å². The van der Waals surface area contributed by atoms with Crippen LogP contribution in [0.2, 0.25) is 0 Å². The van der Waals surface area contributed by atoms with Gasteiger partial charge in [0.2, 0.25) is 11.8 Å². The van der Waals surface area contributed by atoms with E-state index in [1.54, 1.807) is 4.90 Å². The highest BCUT2D eigenvalue weighted by atomic mass is 16.2. The molecule has 2 aliphatic rings. The average molecular weight is 357 g/mol. The van der Waals surface area contributed by atoms with Crippen molar-refractivity contribution < 1.29 is 9.59 Å². The van der Waals surface area contributed by atoms with Gasteiger partial charge < -0.3 is 10.2 Å². The average Bonchev–Trinajstić information content (AvgIpc) is 2.91. The van der Waals surface area contributed by atoms with Crippen LogP contribution in [0, 0.1) is 5.92 Å². The molecule has 5 nitrogen and oxygen atoms in total. The van der Waals surface area contributed by atoms with Gasteiger partial charge in [0.1, 0.15) is 0 Å². The summed E-state index contributed by atoms with van der Waals surface area (Å²) in [6.45, 7) is 6.23. The maximum absolute atomic E-state index is 12.3. The fraction of sp³-hybridized carbons (Fsp3) is 0.619. The van der Waals surface area contributed by atoms with E-state index in [1.807, 2.05) is 27.9 Å². The molecule has 1 aromatic rings. The zero-order chi connectivity index (χ0) is 18.9. The quantitative estimate of drug-likeness (QED) is 0.900. The fourth-order valence-electron chi connectivity index (χ4n) is 4.31. The zero-order valence-corrected chi connectivity index (χ0v) is 16.4. The maximum atomic E-state index is 12.3. The second-order valence-corrected chi connectivity index (χ2v) is 8.35. The Hall–Kier alpha value is -1.88. The molecule has 1 spiro atoms. The van der Waals surface area contributed by atoms with Crippen molar-refractivity contribution in [3.63, 3.8) is 0 Å². The van der Waals surface area contributed by atoms with Crippen molar-refractivity contribution in [1.29, 1.82) is 0 Å². The van der Waals surface area contributed by atoms with Crippen LogP contribution in [0.1, 0.15) is 50.3 Å². The largest absolute Gasteiger partial charge is 0.349 e. The summed E-state index contributed by atoms with van der Waals surface area (Å²) < 4.78 is 0. The minimum Gasteiger partial charge on any atom is -0.349 e. The molecule has 26 heavy (non-hydrogen) atoms. The fourth-order valence-corrected chi connectivity index (χ4v) is 4.31. The molecule has 1 aliphatic heterocycles. The number of hydrogen-bond acceptors (Lipinski definition) is 3. The molecule has 0 bridgehead atoms. The summed E-state index contributed by atoms with van der Waals surface area (Å²) in [5, 5.41) is 3.25. The van der Waals surface area contributed by atoms with Gasteiger partial charge in [-0.1, -0.05) is 38.1 Å². The molecule has 1 aromatic carbocycles. The number of nitrogens with one attached hydrogen (secondary N) is 1. The topological polar surface area (TPSA) is 52.7 Å². The van der Waals surface area contributed by atoms with Gasteiger partial charge in [0.15, 0.2) is 0 Å². The lowest BCUT2D eigenvalue weighted by molar-refractivity contribution is -0.130. The lowest BCUT2D eigenvalue weighted by atomic mass is 9.73. The van der Waals surface area contributed by atoms with Crippen LogP contribution in [0.15, 0.2) is 24.3 Å². The number of fused-ring (bicyclic) bond motifs is 2. The highest BCUT2D eigenvalue weighted by Gasteiger charge is 2.45. The summed E-state index contributed by atoms with van der Waals surface area (Å²) in [5.41, 5.74) is 2.80. The van der Waals surface area contributed by atoms with Gasteiger partial charge in [-0.15, -0.1) is 0 Å². The molecule has 0 saturated carbocycles. The van der Waals surface area contributed by atoms with E-state index in [2.05, 4.69) is 34.5 Å². The Morgan fingerprint density at radius 3 is 2.50 bits per heavy atom. The summed E-state index contributed by atoms with van der Waals surface area (Å²) >= 11 is 0. The third kappa shape index (κ3) is 3.63. The molecule has 1 saturated heterocycles. The predicted octanol–water partition coefficient (Wildman–Crippen LogP) is 2.33. The molecule has 0 radical (unpaired) electrons. The Kier molecular flexibility index (Phi) is 5.37. The minimum atomic E-state index is -0.00222. The van der Waals surface area contributed by atoms with Crippen LogP contribution in [-0.2, 0) is 15.0 Å². The second-order valence-electron chi connectivity index (χ2n) is 8.35. The molecule has 2 amide bonds. The molecular formula is C21H31N3O2. The number of carbonyl (C=O) groups is 2. The number of piperidine rings is 1. The molecule has 1 atom stereocenters. The smallest absolute Gasteiger partial charge is 0.236 e. The first kappa shape index (κ1) is 18.9. The van der Waals surface area contributed by atoms with Crippen LogP contribution in [-0.4, -0.2) is 55.3 Å². The second kappa shape index (κ2) is 7.39. The van der Waals surface area contributed by atoms with Crippen molar-refractivity contribution in [2.45, 2.75) is 44.6 Å². The monoisotopic (exact) mass is 357 g/mol. The number of likely N-dealkylation sites (tertiary alicyclic amines) is 1. The van der Waals surface area contributed by atoms with Gasteiger partial charge >= 0.3 is 0 Å². The molecule has 0 unspecified atom stereocenters. The first-order chi connectivity index (χ1) is 12.3. The van der Waals surface area contributed by atoms with E-state index < -0.39 is 0 Å². The summed E-state index contributed by atoms with van der Waals surface area (Å²) in [6.07, 6.45) is 3.05. The lowest BCUT2D eigenvalue weighted by Crippen LogP contribution is -2.45. The van der Waals surface area contributed by atoms with Gasteiger partial charge in [-0.2, -0.15) is 0 Å². The van der Waals surface area contributed by atoms with Crippen molar-refractivity contribution in [3.8, 4) is 0 Å². The van der Waals surface area contributed by atoms with E-state index in [0.29, 0.717) is 6.54 Å². The van der Waals surface area contributed by atoms with E-state index in [1.165, 1.54) is 11.1 Å². The molecule has 3 rings (SSSR count). The van der Waals surface area contributed by atoms with Gasteiger partial charge in [0.05, 0.1) is 12.6 Å². The molecule has 142 valence electrons. The van der Waals surface area contributed by atoms with Crippen LogP contribution in [0.5, 0.6) is 0 Å². The summed E-state index contributed by atoms with van der Waals surface area (Å²) in [5.74, 6) is 0.281. The number of nitrogens with zero attached hydrogens (tertiary/aromatic N) is 2. The summed E-state index contributed by atoms with van der Waals surface area (Å²) in [6, 6.07) is 8.68. The number of amides is 2. The first-order valence-electron chi connectivity index (χ1n) is 9.65. The van der Waals surface area contributed by atoms with E-state index in [9.17, 15) is 9.59 Å². The van der Waals surface area contributed by atoms with Gasteiger partial charge in [0, 0.05) is 25.4 Å². The van der Waals surface area contributed by atoms with Crippen LogP contribution >= 0.6 is 0 Å². The molecular weight excluding hydrogens is 326 g/mol. The Bertz CT molecular complexity index is 676. The van der Waals surface area contributed by atoms with Crippen molar-refractivity contribution in [1.82, 2.24) is 15.1 Å². The minimum absolute atomic E-state index is 0.00222. The molecule has 1 heterocycles. The predicted molar refractivity (Wildman–Crippen MR) is 103 cm³/mol. The zero-order valence-electron chi connectivity index (χ0n) is 16.4. The highest BCUT2D eigenvalue weighted by molar-refractivity contribution is 5.79. The number of likely N-dealkylation sites (N-methyl/N-ethyl adjacent to an activating group) is 1. The highest BCUT2D eigenvalue weighted by Crippen LogP contribution is 2.50. The van der Waals surface area contributed by atoms with Gasteiger partial charge in [-0.25, -0.2) is 0 Å². The number of carbonyl (C=O) groups excluding carboxylic acids is 2. The SMILES string of the molecule is CC(C)C(=O)N[C@H]1CC2(CCN(CC(=O)N(C)C)CC2)c2ccccc21. The van der Waals surface area contributed by atoms with Crippen molar-refractivity contribution in [3.05, 3.63) is 35.4 Å². The molecule has 5 heteroatoms. The maximum Gasteiger partial charge on any atom is 0.236 e. The van der Waals surface area contributed by atoms with Crippen molar-refractivity contribution >= 4 is 11.8 Å². The molecule has 1 N–H and O–H groups in total. The lowest BCUT2D eigenvalue weighted by Gasteiger charge is -2.40. The summed E-state index contributed by atoms with van der Waals surface area (Å²) in [7, 11) is 3.62. The Balaban J connectivity index is 1.73. The summed E-state index contributed by atoms with van der Waals surface area (Å²) in [4.78, 5) is 28.2. The molecule has 1 fully saturated rings. The standard InChI is InChI=1S/C21H31N3O2/c1-15(2)20(26)22-18-13-21(17-8-6-5-7-16(17)18)9-11-24(12-10-21)14-19(25)23(3)4/h5-8,15,18H,9-14H2,1-4H3,(H,22,26)/t18-/m0/s1. The van der Waals surface area contributed by atoms with Crippen LogP contribution in [0.25, 0.3) is 0 Å². The van der Waals surface area contributed by atoms with Gasteiger partial charge in [0.25, 0.3) is 0 Å². The van der Waals surface area contributed by atoms with E-state index in [0.717, 1.165) is 32.4 Å². The van der Waals surface area contributed by atoms with E-state index in [4.69, 9.17) is 0 Å². The van der Waals surface area contributed by atoms with Crippen molar-refractivity contribution in [2.75, 3.05) is 33.7 Å². The number of benzene rings is 1. The van der Waals surface area contributed by atoms with Crippen molar-refractivity contribution in [2.24, 2.45) is 5.92 Å². The Morgan fingerprint density at radius 2 is 1.88 bits per heavy atom.